The maximum absolute atomic E-state index is 14.0. The van der Waals surface area contributed by atoms with Gasteiger partial charge in [0.2, 0.25) is 0 Å². The lowest BCUT2D eigenvalue weighted by molar-refractivity contribution is 0.0512. The van der Waals surface area contributed by atoms with Crippen molar-refractivity contribution in [2.45, 2.75) is 45.9 Å². The van der Waals surface area contributed by atoms with Crippen LogP contribution in [0.2, 0.25) is 0 Å². The lowest BCUT2D eigenvalue weighted by Crippen LogP contribution is -2.49. The number of anilines is 1. The van der Waals surface area contributed by atoms with Crippen LogP contribution in [0.5, 0.6) is 11.5 Å². The van der Waals surface area contributed by atoms with Crippen LogP contribution >= 0.6 is 0 Å². The second-order valence-electron chi connectivity index (χ2n) is 15.6. The highest BCUT2D eigenvalue weighted by Crippen LogP contribution is 2.40. The molecule has 0 saturated carbocycles. The van der Waals surface area contributed by atoms with Crippen LogP contribution in [0.4, 0.5) is 5.69 Å². The summed E-state index contributed by atoms with van der Waals surface area (Å²) in [6.07, 6.45) is 2.25. The van der Waals surface area contributed by atoms with Crippen molar-refractivity contribution in [2.75, 3.05) is 72.0 Å². The summed E-state index contributed by atoms with van der Waals surface area (Å²) in [6.45, 7) is 8.28. The number of hydrogen-bond acceptors (Lipinski definition) is 8. The van der Waals surface area contributed by atoms with Gasteiger partial charge in [-0.05, 0) is 81.1 Å². The molecule has 1 fully saturated rings. The lowest BCUT2D eigenvalue weighted by atomic mass is 9.97. The van der Waals surface area contributed by atoms with Crippen LogP contribution in [0.1, 0.15) is 47.2 Å². The number of nitrogens with zero attached hydrogens (tertiary/aromatic N) is 7. The first-order valence-corrected chi connectivity index (χ1v) is 21.8. The molecule has 1 saturated heterocycles. The van der Waals surface area contributed by atoms with Crippen LogP contribution in [-0.4, -0.2) is 111 Å². The minimum absolute atomic E-state index is 0. The molecule has 0 bridgehead atoms. The fraction of sp³-hybridized carbons (Fsp3) is 0.391. The van der Waals surface area contributed by atoms with Crippen molar-refractivity contribution in [2.24, 2.45) is 7.05 Å². The lowest BCUT2D eigenvalue weighted by Gasteiger charge is -2.36. The zero-order valence-electron chi connectivity index (χ0n) is 35.4. The number of aromatic nitrogens is 3. The van der Waals surface area contributed by atoms with E-state index in [0.717, 1.165) is 113 Å². The Kier molecular flexibility index (Phi) is 13.6. The van der Waals surface area contributed by atoms with Crippen LogP contribution in [0, 0.1) is 0 Å². The molecule has 0 amide bonds. The average Bonchev–Trinajstić information content (AvgIpc) is 3.73. The normalized spacial score (nSPS) is 15.5. The molecule has 0 radical (unpaired) electrons. The number of benzene rings is 4. The van der Waals surface area contributed by atoms with Gasteiger partial charge < -0.3 is 34.1 Å². The van der Waals surface area contributed by atoms with Gasteiger partial charge in [-0.2, -0.15) is 5.10 Å². The molecule has 2 aliphatic heterocycles. The first kappa shape index (κ1) is 42.9. The molecule has 4 aromatic carbocycles. The third kappa shape index (κ3) is 8.79. The van der Waals surface area contributed by atoms with Gasteiger partial charge >= 0.3 is 5.97 Å². The molecule has 6 aromatic rings. The Labute approximate surface area is 355 Å². The van der Waals surface area contributed by atoms with E-state index in [1.165, 1.54) is 0 Å². The summed E-state index contributed by atoms with van der Waals surface area (Å²) in [6, 6.07) is 29.1. The van der Waals surface area contributed by atoms with Crippen molar-refractivity contribution >= 4 is 44.5 Å². The molecule has 2 N–H and O–H groups in total. The standard InChI is InChI=1S/C46H55N7O5S.H2O/c1-6-56-46(54)45-38(18-11-30-57-42-19-9-14-33-13-7-8-15-36(33)42)37-16-10-17-39-43-40(31-49(4)24-12-25-53(45)44(37)39)47-50(5)41(43)32-58-35-22-20-34(21-23-35)51-26-28-52(29-27-51)59(55)48(2)3;/h7-10,13-17,19-23H,6,11-12,18,24-32H2,1-5H3;1H2. The van der Waals surface area contributed by atoms with Crippen LogP contribution in [-0.2, 0) is 49.1 Å². The third-order valence-corrected chi connectivity index (χ3v) is 12.9. The van der Waals surface area contributed by atoms with Crippen molar-refractivity contribution in [3.63, 3.8) is 0 Å². The smallest absolute Gasteiger partial charge is 0.355 e. The Morgan fingerprint density at radius 2 is 1.58 bits per heavy atom. The molecule has 0 spiro atoms. The van der Waals surface area contributed by atoms with E-state index in [4.69, 9.17) is 19.3 Å². The second kappa shape index (κ2) is 19.0. The van der Waals surface area contributed by atoms with Crippen LogP contribution < -0.4 is 14.4 Å². The number of fused-ring (bicyclic) bond motifs is 3. The molecule has 13 nitrogen and oxygen atoms in total. The Morgan fingerprint density at radius 3 is 2.35 bits per heavy atom. The van der Waals surface area contributed by atoms with Crippen molar-refractivity contribution in [1.82, 2.24) is 27.9 Å². The molecule has 14 heteroatoms. The zero-order valence-corrected chi connectivity index (χ0v) is 36.2. The molecule has 0 aliphatic carbocycles. The van der Waals surface area contributed by atoms with E-state index in [1.54, 1.807) is 4.31 Å². The van der Waals surface area contributed by atoms with Gasteiger partial charge in [-0.1, -0.05) is 54.6 Å². The summed E-state index contributed by atoms with van der Waals surface area (Å²) < 4.78 is 39.1. The number of para-hydroxylation sites is 1. The predicted octanol–water partition coefficient (Wildman–Crippen LogP) is 6.24. The number of ether oxygens (including phenoxy) is 3. The topological polar surface area (TPSA) is 129 Å². The van der Waals surface area contributed by atoms with Gasteiger partial charge in [0, 0.05) is 88.0 Å². The minimum Gasteiger partial charge on any atom is -0.493 e. The van der Waals surface area contributed by atoms with Crippen LogP contribution in [0.25, 0.3) is 32.8 Å². The molecule has 60 heavy (non-hydrogen) atoms. The summed E-state index contributed by atoms with van der Waals surface area (Å²) in [5, 5.41) is 8.39. The monoisotopic (exact) mass is 835 g/mol. The van der Waals surface area contributed by atoms with Crippen molar-refractivity contribution in [3.05, 3.63) is 108 Å². The summed E-state index contributed by atoms with van der Waals surface area (Å²) in [7, 11) is 7.80. The molecular weight excluding hydrogens is 779 g/mol. The van der Waals surface area contributed by atoms with Crippen LogP contribution in [0.3, 0.4) is 0 Å². The van der Waals surface area contributed by atoms with E-state index in [-0.39, 0.29) is 11.4 Å². The van der Waals surface area contributed by atoms with Crippen molar-refractivity contribution in [1.29, 1.82) is 0 Å². The SMILES string of the molecule is CCOC(=O)c1c(CCCOc2cccc3ccccc23)c2cccc3c2n1CCCN(C)Cc1nn(C)c(COc2ccc(N4CCN(S(=O)N(C)C)CC4)cc2)c1-3.O. The van der Waals surface area contributed by atoms with E-state index in [9.17, 15) is 9.00 Å². The number of carbonyl (C=O) groups excluding carboxylic acids is 1. The number of carbonyl (C=O) groups is 1. The second-order valence-corrected chi connectivity index (χ2v) is 17.3. The Hall–Kier alpha value is -5.25. The van der Waals surface area contributed by atoms with Gasteiger partial charge in [0.1, 0.15) is 23.8 Å². The summed E-state index contributed by atoms with van der Waals surface area (Å²) in [5.74, 6) is 1.34. The van der Waals surface area contributed by atoms with E-state index in [2.05, 4.69) is 69.9 Å². The number of rotatable bonds is 13. The Morgan fingerprint density at radius 1 is 0.850 bits per heavy atom. The first-order valence-electron chi connectivity index (χ1n) is 20.7. The minimum atomic E-state index is -1.11. The van der Waals surface area contributed by atoms with Gasteiger partial charge in [0.25, 0.3) is 0 Å². The quantitative estimate of drug-likeness (QED) is 0.0990. The Balaban J connectivity index is 0.00000544. The van der Waals surface area contributed by atoms with Gasteiger partial charge in [-0.15, -0.1) is 0 Å². The van der Waals surface area contributed by atoms with Crippen molar-refractivity contribution in [3.8, 4) is 22.6 Å². The fourth-order valence-electron chi connectivity index (χ4n) is 8.62. The van der Waals surface area contributed by atoms with Gasteiger partial charge in [0.15, 0.2) is 11.2 Å². The van der Waals surface area contributed by atoms with Gasteiger partial charge in [0.05, 0.1) is 30.1 Å². The highest BCUT2D eigenvalue weighted by Gasteiger charge is 2.30. The maximum Gasteiger partial charge on any atom is 0.355 e. The van der Waals surface area contributed by atoms with E-state index >= 15 is 0 Å². The van der Waals surface area contributed by atoms with E-state index < -0.39 is 11.2 Å². The molecular formula is C46H57N7O6S. The van der Waals surface area contributed by atoms with Crippen LogP contribution in [0.15, 0.2) is 84.9 Å². The van der Waals surface area contributed by atoms with E-state index in [0.29, 0.717) is 45.0 Å². The van der Waals surface area contributed by atoms with Gasteiger partial charge in [-0.3, -0.25) is 4.68 Å². The average molecular weight is 836 g/mol. The Bertz CT molecular complexity index is 2450. The molecule has 2 aliphatic rings. The number of hydrogen-bond donors (Lipinski definition) is 0. The van der Waals surface area contributed by atoms with Crippen molar-refractivity contribution < 1.29 is 28.7 Å². The molecule has 4 heterocycles. The predicted molar refractivity (Wildman–Crippen MR) is 239 cm³/mol. The van der Waals surface area contributed by atoms with Gasteiger partial charge in [-0.25, -0.2) is 17.6 Å². The molecule has 2 aromatic heterocycles. The maximum atomic E-state index is 14.0. The first-order chi connectivity index (χ1) is 28.7. The van der Waals surface area contributed by atoms with E-state index in [1.807, 2.05) is 73.5 Å². The molecule has 8 rings (SSSR count). The number of piperazine rings is 1. The molecule has 318 valence electrons. The highest BCUT2D eigenvalue weighted by molar-refractivity contribution is 7.80. The largest absolute Gasteiger partial charge is 0.493 e. The number of aryl methyl sites for hydroxylation is 3. The summed E-state index contributed by atoms with van der Waals surface area (Å²) >= 11 is -1.11. The number of esters is 1. The summed E-state index contributed by atoms with van der Waals surface area (Å²) in [5.41, 5.74) is 7.77. The molecule has 1 unspecified atom stereocenters. The highest BCUT2D eigenvalue weighted by atomic mass is 32.2. The fourth-order valence-corrected chi connectivity index (χ4v) is 9.56. The molecule has 1 atom stereocenters. The summed E-state index contributed by atoms with van der Waals surface area (Å²) in [4.78, 5) is 18.6. The third-order valence-electron chi connectivity index (χ3n) is 11.4. The zero-order chi connectivity index (χ0) is 41.0.